The van der Waals surface area contributed by atoms with Crippen LogP contribution in [0.3, 0.4) is 0 Å². The third-order valence-corrected chi connectivity index (χ3v) is 5.21. The molecule has 1 aromatic heterocycles. The van der Waals surface area contributed by atoms with Gasteiger partial charge < -0.3 is 15.0 Å². The van der Waals surface area contributed by atoms with Crippen LogP contribution in [0.4, 0.5) is 5.69 Å². The molecular formula is C24H17Cl2N3O3. The van der Waals surface area contributed by atoms with Gasteiger partial charge in [-0.05, 0) is 66.2 Å². The van der Waals surface area contributed by atoms with E-state index in [2.05, 4.69) is 15.3 Å². The summed E-state index contributed by atoms with van der Waals surface area (Å²) in [4.78, 5) is 31.9. The van der Waals surface area contributed by atoms with E-state index < -0.39 is 0 Å². The summed E-state index contributed by atoms with van der Waals surface area (Å²) in [7, 11) is 1.57. The molecule has 3 aromatic carbocycles. The number of rotatable bonds is 5. The highest BCUT2D eigenvalue weighted by molar-refractivity contribution is 6.50. The summed E-state index contributed by atoms with van der Waals surface area (Å²) in [5, 5.41) is 3.98. The van der Waals surface area contributed by atoms with E-state index in [1.807, 2.05) is 6.07 Å². The summed E-state index contributed by atoms with van der Waals surface area (Å²) in [6.07, 6.45) is 1.65. The Bertz CT molecular complexity index is 1400. The molecule has 32 heavy (non-hydrogen) atoms. The number of hydrogen-bond donors (Lipinski definition) is 2. The summed E-state index contributed by atoms with van der Waals surface area (Å²) in [6, 6.07) is 18.8. The minimum atomic E-state index is -0.311. The predicted molar refractivity (Wildman–Crippen MR) is 128 cm³/mol. The van der Waals surface area contributed by atoms with E-state index in [0.717, 1.165) is 5.56 Å². The van der Waals surface area contributed by atoms with E-state index in [4.69, 9.17) is 27.9 Å². The fraction of sp³-hybridized carbons (Fsp3) is 0.0417. The molecular weight excluding hydrogens is 449 g/mol. The van der Waals surface area contributed by atoms with E-state index in [1.165, 1.54) is 0 Å². The first-order valence-corrected chi connectivity index (χ1v) is 10.3. The number of anilines is 1. The van der Waals surface area contributed by atoms with Crippen molar-refractivity contribution >= 4 is 56.8 Å². The summed E-state index contributed by atoms with van der Waals surface area (Å²) < 4.78 is 5.11. The van der Waals surface area contributed by atoms with Crippen LogP contribution in [-0.2, 0) is 0 Å². The van der Waals surface area contributed by atoms with Crippen molar-refractivity contribution in [3.63, 3.8) is 0 Å². The van der Waals surface area contributed by atoms with Crippen LogP contribution in [0.1, 0.15) is 21.7 Å². The average Bonchev–Trinajstić information content (AvgIpc) is 2.79. The van der Waals surface area contributed by atoms with Crippen LogP contribution in [-0.4, -0.2) is 23.0 Å². The standard InChI is InChI=1S/C24H17Cl2N3O3/c1-32-18-8-5-15(6-9-18)23(30)27-17-4-2-3-14(11-17)12-20(26)22-28-21-13-16(25)7-10-19(21)24(31)29-22/h2-13H,1H3,(H,27,30)(H,28,29,31)/b20-12-. The zero-order valence-corrected chi connectivity index (χ0v) is 18.4. The van der Waals surface area contributed by atoms with Gasteiger partial charge in [-0.2, -0.15) is 0 Å². The lowest BCUT2D eigenvalue weighted by molar-refractivity contribution is 0.102. The van der Waals surface area contributed by atoms with Crippen LogP contribution < -0.4 is 15.6 Å². The van der Waals surface area contributed by atoms with Crippen molar-refractivity contribution in [2.24, 2.45) is 0 Å². The second-order valence-corrected chi connectivity index (χ2v) is 7.72. The highest BCUT2D eigenvalue weighted by Gasteiger charge is 2.09. The molecule has 0 spiro atoms. The van der Waals surface area contributed by atoms with Gasteiger partial charge >= 0.3 is 0 Å². The first-order valence-electron chi connectivity index (χ1n) is 9.55. The Balaban J connectivity index is 1.58. The van der Waals surface area contributed by atoms with Gasteiger partial charge in [-0.3, -0.25) is 9.59 Å². The van der Waals surface area contributed by atoms with E-state index in [9.17, 15) is 9.59 Å². The normalized spacial score (nSPS) is 11.4. The number of fused-ring (bicyclic) bond motifs is 1. The zero-order chi connectivity index (χ0) is 22.7. The van der Waals surface area contributed by atoms with Gasteiger partial charge in [0.25, 0.3) is 11.5 Å². The van der Waals surface area contributed by atoms with Crippen molar-refractivity contribution in [1.29, 1.82) is 0 Å². The Morgan fingerprint density at radius 1 is 1.09 bits per heavy atom. The fourth-order valence-corrected chi connectivity index (χ4v) is 3.47. The molecule has 0 fully saturated rings. The summed E-state index contributed by atoms with van der Waals surface area (Å²) in [5.74, 6) is 0.641. The van der Waals surface area contributed by atoms with Gasteiger partial charge in [-0.1, -0.05) is 35.3 Å². The molecule has 0 saturated carbocycles. The molecule has 1 amide bonds. The SMILES string of the molecule is COc1ccc(C(=O)Nc2cccc(/C=C(\Cl)c3nc4cc(Cl)ccc4c(=O)[nH]3)c2)cc1. The Kier molecular flexibility index (Phi) is 6.25. The molecule has 1 heterocycles. The van der Waals surface area contributed by atoms with E-state index in [-0.39, 0.29) is 22.3 Å². The molecule has 0 unspecified atom stereocenters. The number of halogens is 2. The second-order valence-electron chi connectivity index (χ2n) is 6.88. The summed E-state index contributed by atoms with van der Waals surface area (Å²) in [6.45, 7) is 0. The van der Waals surface area contributed by atoms with Crippen molar-refractivity contribution < 1.29 is 9.53 Å². The number of aromatic amines is 1. The van der Waals surface area contributed by atoms with Gasteiger partial charge in [-0.25, -0.2) is 4.98 Å². The summed E-state index contributed by atoms with van der Waals surface area (Å²) in [5.41, 5.74) is 1.95. The Morgan fingerprint density at radius 2 is 1.88 bits per heavy atom. The fourth-order valence-electron chi connectivity index (χ4n) is 3.09. The molecule has 0 saturated heterocycles. The van der Waals surface area contributed by atoms with Gasteiger partial charge in [0.05, 0.1) is 23.0 Å². The van der Waals surface area contributed by atoms with E-state index in [1.54, 1.807) is 73.8 Å². The van der Waals surface area contributed by atoms with Gasteiger partial charge in [-0.15, -0.1) is 0 Å². The number of benzene rings is 3. The molecule has 0 aliphatic carbocycles. The Hall–Kier alpha value is -3.61. The monoisotopic (exact) mass is 465 g/mol. The minimum Gasteiger partial charge on any atom is -0.497 e. The molecule has 4 aromatic rings. The third-order valence-electron chi connectivity index (χ3n) is 4.68. The maximum atomic E-state index is 12.5. The maximum absolute atomic E-state index is 12.5. The van der Waals surface area contributed by atoms with Crippen LogP contribution in [0.15, 0.2) is 71.5 Å². The molecule has 2 N–H and O–H groups in total. The molecule has 8 heteroatoms. The van der Waals surface area contributed by atoms with Gasteiger partial charge in [0.15, 0.2) is 5.82 Å². The lowest BCUT2D eigenvalue weighted by Gasteiger charge is -2.07. The van der Waals surface area contributed by atoms with Gasteiger partial charge in [0.1, 0.15) is 5.75 Å². The minimum absolute atomic E-state index is 0.221. The third kappa shape index (κ3) is 4.82. The quantitative estimate of drug-likeness (QED) is 0.403. The first-order chi connectivity index (χ1) is 15.4. The smallest absolute Gasteiger partial charge is 0.259 e. The molecule has 0 aliphatic heterocycles. The Labute approximate surface area is 193 Å². The van der Waals surface area contributed by atoms with Crippen molar-refractivity contribution in [2.45, 2.75) is 0 Å². The number of methoxy groups -OCH3 is 1. The van der Waals surface area contributed by atoms with Crippen LogP contribution in [0.5, 0.6) is 5.75 Å². The molecule has 0 aliphatic rings. The lowest BCUT2D eigenvalue weighted by Crippen LogP contribution is -2.11. The number of amides is 1. The first kappa shape index (κ1) is 21.6. The van der Waals surface area contributed by atoms with Crippen LogP contribution in [0.2, 0.25) is 5.02 Å². The number of nitrogens with zero attached hydrogens (tertiary/aromatic N) is 1. The number of ether oxygens (including phenoxy) is 1. The molecule has 6 nitrogen and oxygen atoms in total. The van der Waals surface area contributed by atoms with Crippen LogP contribution >= 0.6 is 23.2 Å². The Morgan fingerprint density at radius 3 is 2.62 bits per heavy atom. The van der Waals surface area contributed by atoms with Gasteiger partial charge in [0, 0.05) is 16.3 Å². The molecule has 0 atom stereocenters. The molecule has 160 valence electrons. The lowest BCUT2D eigenvalue weighted by atomic mass is 10.1. The second kappa shape index (κ2) is 9.26. The maximum Gasteiger partial charge on any atom is 0.259 e. The van der Waals surface area contributed by atoms with Crippen molar-refractivity contribution in [2.75, 3.05) is 12.4 Å². The topological polar surface area (TPSA) is 84.1 Å². The highest BCUT2D eigenvalue weighted by Crippen LogP contribution is 2.23. The van der Waals surface area contributed by atoms with Crippen molar-refractivity contribution in [1.82, 2.24) is 9.97 Å². The van der Waals surface area contributed by atoms with Crippen LogP contribution in [0, 0.1) is 0 Å². The number of nitrogens with one attached hydrogen (secondary N) is 2. The van der Waals surface area contributed by atoms with E-state index >= 15 is 0 Å². The molecule has 0 radical (unpaired) electrons. The number of carbonyl (C=O) groups excluding carboxylic acids is 1. The number of H-pyrrole nitrogens is 1. The largest absolute Gasteiger partial charge is 0.497 e. The van der Waals surface area contributed by atoms with Crippen molar-refractivity contribution in [3.05, 3.63) is 99.1 Å². The molecule has 0 bridgehead atoms. The van der Waals surface area contributed by atoms with Crippen LogP contribution in [0.25, 0.3) is 22.0 Å². The van der Waals surface area contributed by atoms with E-state index in [0.29, 0.717) is 32.9 Å². The average molecular weight is 466 g/mol. The van der Waals surface area contributed by atoms with Gasteiger partial charge in [0.2, 0.25) is 0 Å². The van der Waals surface area contributed by atoms with Crippen molar-refractivity contribution in [3.8, 4) is 5.75 Å². The summed E-state index contributed by atoms with van der Waals surface area (Å²) >= 11 is 12.4. The predicted octanol–water partition coefficient (Wildman–Crippen LogP) is 5.57. The molecule has 4 rings (SSSR count). The number of carbonyl (C=O) groups is 1. The number of aromatic nitrogens is 2. The highest BCUT2D eigenvalue weighted by atomic mass is 35.5. The zero-order valence-electron chi connectivity index (χ0n) is 16.9. The number of hydrogen-bond acceptors (Lipinski definition) is 4.